The van der Waals surface area contributed by atoms with Gasteiger partial charge in [0.05, 0.1) is 0 Å². The van der Waals surface area contributed by atoms with Crippen LogP contribution in [0.4, 0.5) is 0 Å². The summed E-state index contributed by atoms with van der Waals surface area (Å²) in [5, 5.41) is 0. The highest BCUT2D eigenvalue weighted by molar-refractivity contribution is 6.55. The first-order chi connectivity index (χ1) is 9.27. The lowest BCUT2D eigenvalue weighted by atomic mass is 10.0. The molecular weight excluding hydrogens is 244 g/mol. The van der Waals surface area contributed by atoms with E-state index in [2.05, 4.69) is 20.0 Å². The molecule has 19 heavy (non-hydrogen) atoms. The van der Waals surface area contributed by atoms with Crippen LogP contribution >= 0.6 is 0 Å². The summed E-state index contributed by atoms with van der Waals surface area (Å²) >= 11 is 0. The molecule has 0 saturated carbocycles. The van der Waals surface area contributed by atoms with Gasteiger partial charge in [0, 0.05) is 8.80 Å². The van der Waals surface area contributed by atoms with Crippen molar-refractivity contribution in [2.75, 3.05) is 0 Å². The van der Waals surface area contributed by atoms with Crippen molar-refractivity contribution >= 4 is 8.80 Å². The van der Waals surface area contributed by atoms with Gasteiger partial charge >= 0.3 is 0 Å². The summed E-state index contributed by atoms with van der Waals surface area (Å²) in [7, 11) is -0.260. The highest BCUT2D eigenvalue weighted by Gasteiger charge is 1.96. The van der Waals surface area contributed by atoms with Crippen LogP contribution in [-0.4, -0.2) is 8.80 Å². The number of hydrogen-bond acceptors (Lipinski definition) is 0. The van der Waals surface area contributed by atoms with Crippen molar-refractivity contribution in [2.45, 2.75) is 116 Å². The van der Waals surface area contributed by atoms with Crippen molar-refractivity contribution < 1.29 is 0 Å². The second-order valence-corrected chi connectivity index (χ2v) is 10.1. The van der Waals surface area contributed by atoms with E-state index in [-0.39, 0.29) is 8.80 Å². The molecule has 0 aliphatic heterocycles. The van der Waals surface area contributed by atoms with Crippen LogP contribution in [0.1, 0.15) is 96.8 Å². The van der Waals surface area contributed by atoms with Gasteiger partial charge in [-0.3, -0.25) is 0 Å². The Bertz CT molecular complexity index is 154. The van der Waals surface area contributed by atoms with Crippen LogP contribution in [0.2, 0.25) is 19.1 Å². The van der Waals surface area contributed by atoms with Crippen LogP contribution < -0.4 is 0 Å². The molecule has 0 atom stereocenters. The summed E-state index contributed by atoms with van der Waals surface area (Å²) in [5.41, 5.74) is 0. The molecule has 0 aromatic carbocycles. The molecule has 0 bridgehead atoms. The van der Waals surface area contributed by atoms with Gasteiger partial charge in [0.2, 0.25) is 0 Å². The van der Waals surface area contributed by atoms with Gasteiger partial charge in [0.15, 0.2) is 0 Å². The van der Waals surface area contributed by atoms with Gasteiger partial charge in [0.1, 0.15) is 0 Å². The van der Waals surface area contributed by atoms with Gasteiger partial charge in [-0.05, 0) is 0 Å². The smallest absolute Gasteiger partial charge is 0.0305 e. The largest absolute Gasteiger partial charge is 0.0722 e. The molecule has 0 aromatic heterocycles. The summed E-state index contributed by atoms with van der Waals surface area (Å²) in [6.07, 6.45) is 20.7. The Morgan fingerprint density at radius 1 is 0.474 bits per heavy atom. The predicted molar refractivity (Wildman–Crippen MR) is 94.0 cm³/mol. The molecular formula is C18H40Si. The molecule has 0 radical (unpaired) electrons. The zero-order chi connectivity index (χ0) is 14.2. The molecule has 0 fully saturated rings. The Morgan fingerprint density at radius 2 is 0.789 bits per heavy atom. The van der Waals surface area contributed by atoms with Crippen molar-refractivity contribution in [2.24, 2.45) is 0 Å². The van der Waals surface area contributed by atoms with E-state index in [0.29, 0.717) is 0 Å². The molecule has 0 spiro atoms. The molecule has 0 nitrogen and oxygen atoms in total. The fraction of sp³-hybridized carbons (Fsp3) is 1.00. The zero-order valence-corrected chi connectivity index (χ0v) is 15.3. The molecule has 0 aliphatic rings. The number of rotatable bonds is 15. The molecule has 0 aromatic rings. The first-order valence-corrected chi connectivity index (χ1v) is 12.4. The minimum Gasteiger partial charge on any atom is -0.0722 e. The molecule has 0 rings (SSSR count). The Hall–Kier alpha value is 0.217. The lowest BCUT2D eigenvalue weighted by Crippen LogP contribution is -1.97. The summed E-state index contributed by atoms with van der Waals surface area (Å²) in [6.45, 7) is 7.25. The maximum Gasteiger partial charge on any atom is 0.0305 e. The summed E-state index contributed by atoms with van der Waals surface area (Å²) in [6, 6.07) is 1.57. The minimum atomic E-state index is -0.260. The van der Waals surface area contributed by atoms with E-state index in [4.69, 9.17) is 0 Å². The van der Waals surface area contributed by atoms with Gasteiger partial charge in [-0.1, -0.05) is 116 Å². The van der Waals surface area contributed by atoms with E-state index in [0.717, 1.165) is 0 Å². The topological polar surface area (TPSA) is 0 Å². The highest BCUT2D eigenvalue weighted by Crippen LogP contribution is 2.13. The van der Waals surface area contributed by atoms with Crippen molar-refractivity contribution in [1.82, 2.24) is 0 Å². The third-order valence-electron chi connectivity index (χ3n) is 4.14. The first-order valence-electron chi connectivity index (χ1n) is 9.27. The first kappa shape index (κ1) is 19.2. The molecule has 0 unspecified atom stereocenters. The highest BCUT2D eigenvalue weighted by atomic mass is 28.3. The Morgan fingerprint density at radius 3 is 1.11 bits per heavy atom. The van der Waals surface area contributed by atoms with Crippen LogP contribution in [0.25, 0.3) is 0 Å². The number of hydrogen-bond donors (Lipinski definition) is 0. The van der Waals surface area contributed by atoms with Crippen molar-refractivity contribution in [1.29, 1.82) is 0 Å². The third-order valence-corrected chi connectivity index (χ3v) is 5.70. The minimum absolute atomic E-state index is 0.260. The van der Waals surface area contributed by atoms with E-state index in [1.165, 1.54) is 89.9 Å². The van der Waals surface area contributed by atoms with Crippen LogP contribution in [0.15, 0.2) is 0 Å². The van der Waals surface area contributed by atoms with E-state index in [1.54, 1.807) is 6.04 Å². The molecule has 0 amide bonds. The van der Waals surface area contributed by atoms with Crippen LogP contribution in [0.5, 0.6) is 0 Å². The standard InChI is InChI=1S/C18H40Si/c1-4-5-6-7-8-9-10-11-12-13-14-15-16-17-18-19(2)3/h19H,4-18H2,1-3H3. The molecule has 116 valence electrons. The second kappa shape index (κ2) is 16.3. The third kappa shape index (κ3) is 18.2. The van der Waals surface area contributed by atoms with Crippen molar-refractivity contribution in [3.05, 3.63) is 0 Å². The van der Waals surface area contributed by atoms with Gasteiger partial charge in [-0.15, -0.1) is 0 Å². The van der Waals surface area contributed by atoms with Crippen molar-refractivity contribution in [3.8, 4) is 0 Å². The lowest BCUT2D eigenvalue weighted by molar-refractivity contribution is 0.538. The van der Waals surface area contributed by atoms with E-state index in [1.807, 2.05) is 0 Å². The van der Waals surface area contributed by atoms with Gasteiger partial charge in [-0.25, -0.2) is 0 Å². The molecule has 1 heteroatoms. The lowest BCUT2D eigenvalue weighted by Gasteiger charge is -2.04. The average Bonchev–Trinajstić information content (AvgIpc) is 2.39. The van der Waals surface area contributed by atoms with E-state index < -0.39 is 0 Å². The summed E-state index contributed by atoms with van der Waals surface area (Å²) in [5.74, 6) is 0. The van der Waals surface area contributed by atoms with Crippen LogP contribution in [0, 0.1) is 0 Å². The van der Waals surface area contributed by atoms with Gasteiger partial charge < -0.3 is 0 Å². The van der Waals surface area contributed by atoms with Crippen LogP contribution in [0.3, 0.4) is 0 Å². The average molecular weight is 285 g/mol. The fourth-order valence-electron chi connectivity index (χ4n) is 2.75. The predicted octanol–water partition coefficient (Wildman–Crippen LogP) is 6.95. The maximum atomic E-state index is 2.47. The fourth-order valence-corrected chi connectivity index (χ4v) is 3.85. The molecule has 0 heterocycles. The second-order valence-electron chi connectivity index (χ2n) is 6.78. The summed E-state index contributed by atoms with van der Waals surface area (Å²) < 4.78 is 0. The monoisotopic (exact) mass is 284 g/mol. The zero-order valence-electron chi connectivity index (χ0n) is 14.2. The Labute approximate surface area is 125 Å². The van der Waals surface area contributed by atoms with E-state index in [9.17, 15) is 0 Å². The Balaban J connectivity index is 2.91. The number of unbranched alkanes of at least 4 members (excludes halogenated alkanes) is 13. The van der Waals surface area contributed by atoms with Gasteiger partial charge in [0.25, 0.3) is 0 Å². The molecule has 0 N–H and O–H groups in total. The summed E-state index contributed by atoms with van der Waals surface area (Å²) in [4.78, 5) is 0. The molecule has 0 saturated heterocycles. The maximum absolute atomic E-state index is 2.47. The normalized spacial score (nSPS) is 11.4. The van der Waals surface area contributed by atoms with Crippen LogP contribution in [-0.2, 0) is 0 Å². The molecule has 0 aliphatic carbocycles. The quantitative estimate of drug-likeness (QED) is 0.225. The van der Waals surface area contributed by atoms with E-state index >= 15 is 0 Å². The van der Waals surface area contributed by atoms with Crippen molar-refractivity contribution in [3.63, 3.8) is 0 Å². The Kier molecular flexibility index (Phi) is 16.5. The van der Waals surface area contributed by atoms with Gasteiger partial charge in [-0.2, -0.15) is 0 Å². The SMILES string of the molecule is CCCCCCCCCCCCCCCC[SiH](C)C.